The van der Waals surface area contributed by atoms with Crippen molar-refractivity contribution in [1.82, 2.24) is 0 Å². The van der Waals surface area contributed by atoms with E-state index < -0.39 is 0 Å². The van der Waals surface area contributed by atoms with Gasteiger partial charge in [0.2, 0.25) is 0 Å². The molecule has 1 aliphatic carbocycles. The fraction of sp³-hybridized carbons (Fsp3) is 0.538. The Labute approximate surface area is 90.7 Å². The van der Waals surface area contributed by atoms with Gasteiger partial charge in [0.1, 0.15) is 0 Å². The Balaban J connectivity index is 2.67. The van der Waals surface area contributed by atoms with Crippen molar-refractivity contribution in [3.8, 4) is 11.8 Å². The monoisotopic (exact) mass is 204 g/mol. The lowest BCUT2D eigenvalue weighted by Gasteiger charge is -1.95. The molecule has 0 unspecified atom stereocenters. The normalized spacial score (nSPS) is 15.3. The van der Waals surface area contributed by atoms with Crippen LogP contribution in [0.1, 0.15) is 39.5 Å². The Bertz CT molecular complexity index is 330. The second-order valence-electron chi connectivity index (χ2n) is 3.94. The molecule has 0 aromatic heterocycles. The molecule has 1 aliphatic rings. The summed E-state index contributed by atoms with van der Waals surface area (Å²) in [6, 6.07) is 0. The Morgan fingerprint density at radius 2 is 1.67 bits per heavy atom. The van der Waals surface area contributed by atoms with Gasteiger partial charge in [-0.1, -0.05) is 24.7 Å². The van der Waals surface area contributed by atoms with Crippen molar-refractivity contribution < 1.29 is 9.59 Å². The summed E-state index contributed by atoms with van der Waals surface area (Å²) in [5.41, 5.74) is 0.209. The van der Waals surface area contributed by atoms with Crippen LogP contribution in [-0.2, 0) is 9.59 Å². The molecule has 0 amide bonds. The van der Waals surface area contributed by atoms with Crippen LogP contribution in [-0.4, -0.2) is 11.6 Å². The van der Waals surface area contributed by atoms with E-state index in [0.717, 1.165) is 12.8 Å². The summed E-state index contributed by atoms with van der Waals surface area (Å²) < 4.78 is 0. The molecular formula is C13H16O2. The summed E-state index contributed by atoms with van der Waals surface area (Å²) >= 11 is 0. The second kappa shape index (κ2) is 5.50. The smallest absolute Gasteiger partial charge is 0.164 e. The van der Waals surface area contributed by atoms with Crippen LogP contribution in [0.5, 0.6) is 0 Å². The molecular weight excluding hydrogens is 188 g/mol. The Morgan fingerprint density at radius 1 is 1.13 bits per heavy atom. The highest BCUT2D eigenvalue weighted by molar-refractivity contribution is 6.18. The van der Waals surface area contributed by atoms with E-state index in [2.05, 4.69) is 11.8 Å². The first-order chi connectivity index (χ1) is 7.11. The first kappa shape index (κ1) is 11.7. The third-order valence-electron chi connectivity index (χ3n) is 2.62. The minimum atomic E-state index is -0.205. The predicted octanol–water partition coefficient (Wildman–Crippen LogP) is 2.28. The van der Waals surface area contributed by atoms with Crippen LogP contribution in [0.4, 0.5) is 0 Å². The highest BCUT2D eigenvalue weighted by Gasteiger charge is 2.11. The molecule has 0 saturated heterocycles. The summed E-state index contributed by atoms with van der Waals surface area (Å²) in [6.45, 7) is 2.79. The summed E-state index contributed by atoms with van der Waals surface area (Å²) in [7, 11) is 0. The van der Waals surface area contributed by atoms with Gasteiger partial charge in [-0.3, -0.25) is 9.59 Å². The minimum absolute atomic E-state index is 0.205. The van der Waals surface area contributed by atoms with Crippen molar-refractivity contribution in [3.63, 3.8) is 0 Å². The highest BCUT2D eigenvalue weighted by atomic mass is 16.1. The van der Waals surface area contributed by atoms with Crippen molar-refractivity contribution in [2.45, 2.75) is 39.5 Å². The van der Waals surface area contributed by atoms with Crippen LogP contribution in [0, 0.1) is 17.8 Å². The summed E-state index contributed by atoms with van der Waals surface area (Å²) in [6.07, 6.45) is 6.25. The third-order valence-corrected chi connectivity index (χ3v) is 2.62. The molecule has 1 fully saturated rings. The predicted molar refractivity (Wildman–Crippen MR) is 59.2 cm³/mol. The Hall–Kier alpha value is -1.36. The van der Waals surface area contributed by atoms with E-state index >= 15 is 0 Å². The lowest BCUT2D eigenvalue weighted by molar-refractivity contribution is -0.119. The Kier molecular flexibility index (Phi) is 4.30. The molecule has 0 aliphatic heterocycles. The molecule has 2 nitrogen and oxygen atoms in total. The fourth-order valence-electron chi connectivity index (χ4n) is 1.75. The molecule has 0 spiro atoms. The topological polar surface area (TPSA) is 34.1 Å². The minimum Gasteiger partial charge on any atom is -0.294 e. The van der Waals surface area contributed by atoms with E-state index in [4.69, 9.17) is 0 Å². The van der Waals surface area contributed by atoms with Crippen LogP contribution in [0.25, 0.3) is 0 Å². The van der Waals surface area contributed by atoms with Gasteiger partial charge >= 0.3 is 0 Å². The number of hydrogen-bond donors (Lipinski definition) is 0. The average molecular weight is 204 g/mol. The zero-order valence-electron chi connectivity index (χ0n) is 9.30. The molecule has 2 heteroatoms. The van der Waals surface area contributed by atoms with Crippen LogP contribution in [0.15, 0.2) is 11.6 Å². The van der Waals surface area contributed by atoms with Crippen LogP contribution in [0.3, 0.4) is 0 Å². The van der Waals surface area contributed by atoms with Gasteiger partial charge in [-0.15, -0.1) is 0 Å². The number of allylic oxidation sites excluding steroid dienone is 2. The standard InChI is InChI=1S/C13H16O2/c1-10(14)13(11(2)15)9-5-8-12-6-3-4-7-12/h9,12H,3-4,6-7H2,1-2H3. The van der Waals surface area contributed by atoms with Gasteiger partial charge in [0.15, 0.2) is 11.6 Å². The second-order valence-corrected chi connectivity index (χ2v) is 3.94. The first-order valence-electron chi connectivity index (χ1n) is 5.34. The maximum Gasteiger partial charge on any atom is 0.164 e. The number of carbonyl (C=O) groups excluding carboxylic acids is 2. The molecule has 0 radical (unpaired) electrons. The van der Waals surface area contributed by atoms with E-state index in [1.54, 1.807) is 0 Å². The van der Waals surface area contributed by atoms with Crippen LogP contribution < -0.4 is 0 Å². The number of hydrogen-bond acceptors (Lipinski definition) is 2. The molecule has 0 N–H and O–H groups in total. The lowest BCUT2D eigenvalue weighted by atomic mass is 10.1. The van der Waals surface area contributed by atoms with Gasteiger partial charge in [0, 0.05) is 12.0 Å². The Morgan fingerprint density at radius 3 is 2.13 bits per heavy atom. The zero-order chi connectivity index (χ0) is 11.3. The summed E-state index contributed by atoms with van der Waals surface area (Å²) in [5, 5.41) is 0. The van der Waals surface area contributed by atoms with Crippen molar-refractivity contribution in [3.05, 3.63) is 11.6 Å². The quantitative estimate of drug-likeness (QED) is 0.299. The molecule has 80 valence electrons. The molecule has 1 saturated carbocycles. The van der Waals surface area contributed by atoms with Crippen molar-refractivity contribution >= 4 is 11.6 Å². The van der Waals surface area contributed by atoms with Crippen molar-refractivity contribution in [2.24, 2.45) is 5.92 Å². The number of rotatable bonds is 2. The maximum atomic E-state index is 11.1. The molecule has 0 aromatic carbocycles. The van der Waals surface area contributed by atoms with Crippen LogP contribution >= 0.6 is 0 Å². The van der Waals surface area contributed by atoms with E-state index in [9.17, 15) is 9.59 Å². The summed E-state index contributed by atoms with van der Waals surface area (Å²) in [4.78, 5) is 22.1. The molecule has 0 bridgehead atoms. The van der Waals surface area contributed by atoms with E-state index in [0.29, 0.717) is 5.92 Å². The lowest BCUT2D eigenvalue weighted by Crippen LogP contribution is -2.05. The van der Waals surface area contributed by atoms with E-state index in [1.807, 2.05) is 0 Å². The van der Waals surface area contributed by atoms with Gasteiger partial charge in [0.25, 0.3) is 0 Å². The van der Waals surface area contributed by atoms with Gasteiger partial charge < -0.3 is 0 Å². The molecule has 0 aromatic rings. The zero-order valence-corrected chi connectivity index (χ0v) is 9.30. The fourth-order valence-corrected chi connectivity index (χ4v) is 1.75. The average Bonchev–Trinajstić information content (AvgIpc) is 2.63. The maximum absolute atomic E-state index is 11.1. The largest absolute Gasteiger partial charge is 0.294 e. The number of carbonyl (C=O) groups is 2. The SMILES string of the molecule is CC(=O)C(=CC#CC1CCCC1)C(C)=O. The van der Waals surface area contributed by atoms with Gasteiger partial charge in [-0.25, -0.2) is 0 Å². The molecule has 15 heavy (non-hydrogen) atoms. The number of Topliss-reactive ketones (excluding diaryl/α,β-unsaturated/α-hetero) is 2. The van der Waals surface area contributed by atoms with E-state index in [-0.39, 0.29) is 17.1 Å². The van der Waals surface area contributed by atoms with Gasteiger partial charge in [-0.05, 0) is 26.7 Å². The summed E-state index contributed by atoms with van der Waals surface area (Å²) in [5.74, 6) is 5.98. The molecule has 0 atom stereocenters. The van der Waals surface area contributed by atoms with Crippen molar-refractivity contribution in [1.29, 1.82) is 0 Å². The third kappa shape index (κ3) is 3.71. The van der Waals surface area contributed by atoms with Gasteiger partial charge in [0.05, 0.1) is 5.57 Å². The van der Waals surface area contributed by atoms with Gasteiger partial charge in [-0.2, -0.15) is 0 Å². The first-order valence-corrected chi connectivity index (χ1v) is 5.34. The van der Waals surface area contributed by atoms with Crippen molar-refractivity contribution in [2.75, 3.05) is 0 Å². The van der Waals surface area contributed by atoms with Crippen LogP contribution in [0.2, 0.25) is 0 Å². The number of ketones is 2. The molecule has 1 rings (SSSR count). The molecule has 0 heterocycles. The highest BCUT2D eigenvalue weighted by Crippen LogP contribution is 2.23. The van der Waals surface area contributed by atoms with E-state index in [1.165, 1.54) is 32.8 Å².